The van der Waals surface area contributed by atoms with Gasteiger partial charge in [0, 0.05) is 12.6 Å². The molecule has 0 aliphatic rings. The molecule has 0 bridgehead atoms. The third kappa shape index (κ3) is 4.53. The number of nitrogens with zero attached hydrogens (tertiary/aromatic N) is 1. The van der Waals surface area contributed by atoms with Gasteiger partial charge in [-0.25, -0.2) is 4.79 Å². The van der Waals surface area contributed by atoms with Crippen LogP contribution in [0.5, 0.6) is 11.5 Å². The van der Waals surface area contributed by atoms with Gasteiger partial charge in [-0.15, -0.1) is 0 Å². The average Bonchev–Trinajstić information content (AvgIpc) is 3.12. The molecule has 0 N–H and O–H groups in total. The maximum Gasteiger partial charge on any atom is 0.338 e. The lowest BCUT2D eigenvalue weighted by atomic mass is 10.1. The Hall–Kier alpha value is -2.96. The summed E-state index contributed by atoms with van der Waals surface area (Å²) in [6, 6.07) is 6.61. The van der Waals surface area contributed by atoms with E-state index in [4.69, 9.17) is 18.6 Å². The summed E-state index contributed by atoms with van der Waals surface area (Å²) in [4.78, 5) is 25.7. The van der Waals surface area contributed by atoms with Gasteiger partial charge in [0.2, 0.25) is 0 Å². The van der Waals surface area contributed by atoms with E-state index in [1.165, 1.54) is 25.4 Å². The number of carbonyl (C=O) groups is 2. The molecule has 0 radical (unpaired) electrons. The number of rotatable bonds is 7. The smallest absolute Gasteiger partial charge is 0.338 e. The van der Waals surface area contributed by atoms with Crippen LogP contribution in [0.3, 0.4) is 0 Å². The number of hydrogen-bond acceptors (Lipinski definition) is 6. The summed E-state index contributed by atoms with van der Waals surface area (Å²) >= 11 is 0. The molecule has 0 unspecified atom stereocenters. The van der Waals surface area contributed by atoms with Crippen LogP contribution >= 0.6 is 0 Å². The third-order valence-corrected chi connectivity index (χ3v) is 3.71. The Morgan fingerprint density at radius 2 is 1.80 bits per heavy atom. The van der Waals surface area contributed by atoms with E-state index in [0.29, 0.717) is 23.8 Å². The lowest BCUT2D eigenvalue weighted by Crippen LogP contribution is -2.30. The lowest BCUT2D eigenvalue weighted by molar-refractivity contribution is -0.133. The predicted octanol–water partition coefficient (Wildman–Crippen LogP) is 2.42. The van der Waals surface area contributed by atoms with Crippen LogP contribution in [0, 0.1) is 6.92 Å². The highest BCUT2D eigenvalue weighted by molar-refractivity contribution is 5.92. The maximum atomic E-state index is 12.2. The van der Waals surface area contributed by atoms with E-state index in [-0.39, 0.29) is 18.1 Å². The Balaban J connectivity index is 1.98. The van der Waals surface area contributed by atoms with Crippen molar-refractivity contribution in [1.29, 1.82) is 0 Å². The number of benzene rings is 1. The summed E-state index contributed by atoms with van der Waals surface area (Å²) in [5, 5.41) is 0. The summed E-state index contributed by atoms with van der Waals surface area (Å²) in [7, 11) is 4.62. The van der Waals surface area contributed by atoms with Crippen LogP contribution in [-0.2, 0) is 16.1 Å². The van der Waals surface area contributed by atoms with E-state index in [9.17, 15) is 9.59 Å². The van der Waals surface area contributed by atoms with Crippen molar-refractivity contribution in [2.24, 2.45) is 0 Å². The topological polar surface area (TPSA) is 78.2 Å². The Kier molecular flexibility index (Phi) is 6.05. The molecule has 25 heavy (non-hydrogen) atoms. The fourth-order valence-corrected chi connectivity index (χ4v) is 2.25. The normalized spacial score (nSPS) is 10.2. The van der Waals surface area contributed by atoms with Gasteiger partial charge >= 0.3 is 5.97 Å². The summed E-state index contributed by atoms with van der Waals surface area (Å²) in [5.41, 5.74) is 1.02. The van der Waals surface area contributed by atoms with Crippen LogP contribution in [0.4, 0.5) is 0 Å². The van der Waals surface area contributed by atoms with Gasteiger partial charge in [0.15, 0.2) is 6.61 Å². The Morgan fingerprint density at radius 3 is 2.32 bits per heavy atom. The zero-order chi connectivity index (χ0) is 18.4. The van der Waals surface area contributed by atoms with Crippen LogP contribution < -0.4 is 9.47 Å². The van der Waals surface area contributed by atoms with Gasteiger partial charge in [0.1, 0.15) is 17.3 Å². The molecule has 0 saturated heterocycles. The fraction of sp³-hybridized carbons (Fsp3) is 0.333. The minimum absolute atomic E-state index is 0.251. The van der Waals surface area contributed by atoms with Gasteiger partial charge in [-0.3, -0.25) is 4.79 Å². The van der Waals surface area contributed by atoms with Crippen LogP contribution in [0.1, 0.15) is 21.7 Å². The van der Waals surface area contributed by atoms with E-state index in [1.807, 2.05) is 6.92 Å². The summed E-state index contributed by atoms with van der Waals surface area (Å²) in [5.74, 6) is 0.697. The molecule has 2 aromatic rings. The van der Waals surface area contributed by atoms with E-state index in [1.54, 1.807) is 31.3 Å². The molecule has 7 nitrogen and oxygen atoms in total. The van der Waals surface area contributed by atoms with E-state index < -0.39 is 5.97 Å². The highest BCUT2D eigenvalue weighted by atomic mass is 16.5. The van der Waals surface area contributed by atoms with Crippen molar-refractivity contribution in [2.75, 3.05) is 27.9 Å². The number of likely N-dealkylation sites (N-methyl/N-ethyl adjacent to an activating group) is 1. The molecule has 1 heterocycles. The summed E-state index contributed by atoms with van der Waals surface area (Å²) < 4.78 is 20.7. The van der Waals surface area contributed by atoms with Crippen molar-refractivity contribution in [3.63, 3.8) is 0 Å². The molecule has 0 fully saturated rings. The molecule has 134 valence electrons. The Bertz CT molecular complexity index is 713. The average molecular weight is 347 g/mol. The van der Waals surface area contributed by atoms with Gasteiger partial charge in [-0.2, -0.15) is 0 Å². The first-order valence-corrected chi connectivity index (χ1v) is 7.62. The SMILES string of the molecule is COc1cc(C(=O)OCC(=O)N(C)Cc2ccco2)cc(OC)c1C. The van der Waals surface area contributed by atoms with Gasteiger partial charge < -0.3 is 23.5 Å². The lowest BCUT2D eigenvalue weighted by Gasteiger charge is -2.16. The van der Waals surface area contributed by atoms with Gasteiger partial charge in [0.25, 0.3) is 5.91 Å². The molecule has 1 aromatic heterocycles. The van der Waals surface area contributed by atoms with Crippen molar-refractivity contribution >= 4 is 11.9 Å². The largest absolute Gasteiger partial charge is 0.496 e. The van der Waals surface area contributed by atoms with Crippen molar-refractivity contribution in [3.8, 4) is 11.5 Å². The van der Waals surface area contributed by atoms with E-state index >= 15 is 0 Å². The molecule has 0 aliphatic heterocycles. The molecule has 1 amide bonds. The Morgan fingerprint density at radius 1 is 1.16 bits per heavy atom. The third-order valence-electron chi connectivity index (χ3n) is 3.71. The molecular weight excluding hydrogens is 326 g/mol. The van der Waals surface area contributed by atoms with Crippen LogP contribution in [-0.4, -0.2) is 44.7 Å². The molecule has 0 aliphatic carbocycles. The van der Waals surface area contributed by atoms with E-state index in [0.717, 1.165) is 5.56 Å². The highest BCUT2D eigenvalue weighted by Crippen LogP contribution is 2.29. The second kappa shape index (κ2) is 8.23. The summed E-state index contributed by atoms with van der Waals surface area (Å²) in [6.07, 6.45) is 1.53. The second-order valence-corrected chi connectivity index (χ2v) is 5.41. The van der Waals surface area contributed by atoms with Crippen molar-refractivity contribution in [2.45, 2.75) is 13.5 Å². The zero-order valence-electron chi connectivity index (χ0n) is 14.7. The quantitative estimate of drug-likeness (QED) is 0.716. The Labute approximate surface area is 146 Å². The minimum Gasteiger partial charge on any atom is -0.496 e. The van der Waals surface area contributed by atoms with Crippen molar-refractivity contribution in [1.82, 2.24) is 4.90 Å². The zero-order valence-corrected chi connectivity index (χ0v) is 14.7. The molecule has 1 aromatic carbocycles. The monoisotopic (exact) mass is 347 g/mol. The van der Waals surface area contributed by atoms with Gasteiger partial charge in [0.05, 0.1) is 32.6 Å². The predicted molar refractivity (Wildman–Crippen MR) is 89.7 cm³/mol. The summed E-state index contributed by atoms with van der Waals surface area (Å²) in [6.45, 7) is 1.75. The first-order valence-electron chi connectivity index (χ1n) is 7.62. The number of hydrogen-bond donors (Lipinski definition) is 0. The molecule has 0 spiro atoms. The highest BCUT2D eigenvalue weighted by Gasteiger charge is 2.17. The van der Waals surface area contributed by atoms with Crippen molar-refractivity contribution in [3.05, 3.63) is 47.4 Å². The number of furan rings is 1. The van der Waals surface area contributed by atoms with E-state index in [2.05, 4.69) is 0 Å². The molecular formula is C18H21NO6. The second-order valence-electron chi connectivity index (χ2n) is 5.41. The minimum atomic E-state index is -0.628. The molecule has 0 saturated carbocycles. The maximum absolute atomic E-state index is 12.2. The first kappa shape index (κ1) is 18.4. The van der Waals surface area contributed by atoms with Crippen LogP contribution in [0.25, 0.3) is 0 Å². The molecule has 0 atom stereocenters. The fourth-order valence-electron chi connectivity index (χ4n) is 2.25. The number of carbonyl (C=O) groups excluding carboxylic acids is 2. The van der Waals surface area contributed by atoms with Crippen molar-refractivity contribution < 1.29 is 28.2 Å². The standard InChI is InChI=1S/C18H21NO6/c1-12-15(22-3)8-13(9-16(12)23-4)18(21)25-11-17(20)19(2)10-14-6-5-7-24-14/h5-9H,10-11H2,1-4H3. The molecule has 2 rings (SSSR count). The number of methoxy groups -OCH3 is 2. The molecule has 7 heteroatoms. The van der Waals surface area contributed by atoms with Gasteiger partial charge in [-0.1, -0.05) is 0 Å². The van der Waals surface area contributed by atoms with Crippen LogP contribution in [0.2, 0.25) is 0 Å². The first-order chi connectivity index (χ1) is 12.0. The number of amides is 1. The number of esters is 1. The van der Waals surface area contributed by atoms with Gasteiger partial charge in [-0.05, 0) is 31.2 Å². The van der Waals surface area contributed by atoms with Crippen LogP contribution in [0.15, 0.2) is 34.9 Å². The number of ether oxygens (including phenoxy) is 3.